The first-order valence-electron chi connectivity index (χ1n) is 5.73. The first-order chi connectivity index (χ1) is 8.64. The van der Waals surface area contributed by atoms with Crippen molar-refractivity contribution >= 4 is 17.2 Å². The zero-order chi connectivity index (χ0) is 14.7. The van der Waals surface area contributed by atoms with E-state index in [1.807, 2.05) is 13.8 Å². The van der Waals surface area contributed by atoms with Gasteiger partial charge in [-0.1, -0.05) is 38.2 Å². The number of para-hydroxylation sites is 1. The average molecular weight is 291 g/mol. The SMILES string of the molecule is CC(C)(CCOc1ccccc1C(F)(F)F)C(N)=S. The number of rotatable bonds is 5. The van der Waals surface area contributed by atoms with Crippen LogP contribution in [0.1, 0.15) is 25.8 Å². The van der Waals surface area contributed by atoms with Gasteiger partial charge in [-0.25, -0.2) is 0 Å². The molecule has 1 rings (SSSR count). The zero-order valence-electron chi connectivity index (χ0n) is 10.8. The van der Waals surface area contributed by atoms with Crippen molar-refractivity contribution in [3.05, 3.63) is 29.8 Å². The van der Waals surface area contributed by atoms with E-state index in [0.717, 1.165) is 6.07 Å². The molecule has 0 unspecified atom stereocenters. The summed E-state index contributed by atoms with van der Waals surface area (Å²) in [7, 11) is 0. The van der Waals surface area contributed by atoms with E-state index in [0.29, 0.717) is 11.4 Å². The van der Waals surface area contributed by atoms with Crippen LogP contribution >= 0.6 is 12.2 Å². The standard InChI is InChI=1S/C13H16F3NOS/c1-12(2,11(17)19)7-8-18-10-6-4-3-5-9(10)13(14,15)16/h3-6H,7-8H2,1-2H3,(H2,17,19). The van der Waals surface area contributed by atoms with Gasteiger partial charge in [-0.2, -0.15) is 13.2 Å². The van der Waals surface area contributed by atoms with Gasteiger partial charge in [-0.15, -0.1) is 0 Å². The Morgan fingerprint density at radius 3 is 2.37 bits per heavy atom. The first kappa shape index (κ1) is 15.8. The number of ether oxygens (including phenoxy) is 1. The van der Waals surface area contributed by atoms with E-state index in [-0.39, 0.29) is 12.4 Å². The van der Waals surface area contributed by atoms with Crippen molar-refractivity contribution in [3.63, 3.8) is 0 Å². The van der Waals surface area contributed by atoms with Crippen LogP contribution in [0.2, 0.25) is 0 Å². The summed E-state index contributed by atoms with van der Waals surface area (Å²) in [6.07, 6.45) is -3.97. The fourth-order valence-electron chi connectivity index (χ4n) is 1.37. The molecule has 0 radical (unpaired) electrons. The van der Waals surface area contributed by atoms with Crippen LogP contribution in [-0.4, -0.2) is 11.6 Å². The number of hydrogen-bond donors (Lipinski definition) is 1. The Balaban J connectivity index is 2.72. The minimum absolute atomic E-state index is 0.122. The molecule has 19 heavy (non-hydrogen) atoms. The Morgan fingerprint density at radius 1 is 1.26 bits per heavy atom. The van der Waals surface area contributed by atoms with E-state index in [1.54, 1.807) is 0 Å². The van der Waals surface area contributed by atoms with Crippen molar-refractivity contribution in [2.75, 3.05) is 6.61 Å². The minimum atomic E-state index is -4.42. The number of hydrogen-bond acceptors (Lipinski definition) is 2. The number of nitrogens with two attached hydrogens (primary N) is 1. The van der Waals surface area contributed by atoms with E-state index in [1.165, 1.54) is 18.2 Å². The molecular formula is C13H16F3NOS. The molecule has 0 atom stereocenters. The Bertz CT molecular complexity index is 457. The Morgan fingerprint density at radius 2 is 1.84 bits per heavy atom. The molecule has 2 nitrogen and oxygen atoms in total. The van der Waals surface area contributed by atoms with Crippen LogP contribution in [0.4, 0.5) is 13.2 Å². The van der Waals surface area contributed by atoms with Gasteiger partial charge in [0.25, 0.3) is 0 Å². The lowest BCUT2D eigenvalue weighted by atomic mass is 9.90. The Labute approximate surface area is 115 Å². The second-order valence-electron chi connectivity index (χ2n) is 4.84. The maximum Gasteiger partial charge on any atom is 0.419 e. The molecule has 6 heteroatoms. The molecule has 1 aromatic carbocycles. The number of alkyl halides is 3. The third-order valence-corrected chi connectivity index (χ3v) is 3.40. The number of benzene rings is 1. The predicted octanol–water partition coefficient (Wildman–Crippen LogP) is 3.79. The van der Waals surface area contributed by atoms with Crippen molar-refractivity contribution in [2.45, 2.75) is 26.4 Å². The van der Waals surface area contributed by atoms with Gasteiger partial charge in [0.2, 0.25) is 0 Å². The molecule has 106 valence electrons. The van der Waals surface area contributed by atoms with Gasteiger partial charge in [0.05, 0.1) is 17.2 Å². The summed E-state index contributed by atoms with van der Waals surface area (Å²) in [5.74, 6) is -0.172. The molecule has 0 saturated heterocycles. The summed E-state index contributed by atoms with van der Waals surface area (Å²) in [6, 6.07) is 5.13. The van der Waals surface area contributed by atoms with E-state index in [4.69, 9.17) is 22.7 Å². The van der Waals surface area contributed by atoms with Gasteiger partial charge in [0.1, 0.15) is 5.75 Å². The molecule has 0 aliphatic rings. The summed E-state index contributed by atoms with van der Waals surface area (Å²) in [5.41, 5.74) is 4.33. The minimum Gasteiger partial charge on any atom is -0.493 e. The summed E-state index contributed by atoms with van der Waals surface area (Å²) in [4.78, 5) is 0.320. The molecule has 0 saturated carbocycles. The summed E-state index contributed by atoms with van der Waals surface area (Å²) in [5, 5.41) is 0. The number of thiocarbonyl (C=S) groups is 1. The highest BCUT2D eigenvalue weighted by atomic mass is 32.1. The van der Waals surface area contributed by atoms with Crippen molar-refractivity contribution in [3.8, 4) is 5.75 Å². The quantitative estimate of drug-likeness (QED) is 0.838. The third-order valence-electron chi connectivity index (χ3n) is 2.84. The predicted molar refractivity (Wildman–Crippen MR) is 72.1 cm³/mol. The second kappa shape index (κ2) is 5.77. The maximum atomic E-state index is 12.7. The van der Waals surface area contributed by atoms with E-state index in [2.05, 4.69) is 0 Å². The lowest BCUT2D eigenvalue weighted by Gasteiger charge is -2.23. The van der Waals surface area contributed by atoms with Crippen molar-refractivity contribution < 1.29 is 17.9 Å². The van der Waals surface area contributed by atoms with Crippen LogP contribution in [0.5, 0.6) is 5.75 Å². The number of halogens is 3. The molecule has 0 aliphatic heterocycles. The monoisotopic (exact) mass is 291 g/mol. The van der Waals surface area contributed by atoms with Crippen LogP contribution in [0.15, 0.2) is 24.3 Å². The van der Waals surface area contributed by atoms with Crippen LogP contribution in [-0.2, 0) is 6.18 Å². The first-order valence-corrected chi connectivity index (χ1v) is 6.14. The van der Waals surface area contributed by atoms with Gasteiger partial charge in [-0.05, 0) is 18.6 Å². The fourth-order valence-corrected chi connectivity index (χ4v) is 1.47. The smallest absolute Gasteiger partial charge is 0.419 e. The molecule has 0 spiro atoms. The van der Waals surface area contributed by atoms with Gasteiger partial charge >= 0.3 is 6.18 Å². The lowest BCUT2D eigenvalue weighted by Crippen LogP contribution is -2.31. The van der Waals surface area contributed by atoms with Crippen LogP contribution in [0, 0.1) is 5.41 Å². The van der Waals surface area contributed by atoms with Crippen molar-refractivity contribution in [1.29, 1.82) is 0 Å². The van der Waals surface area contributed by atoms with Gasteiger partial charge in [-0.3, -0.25) is 0 Å². The largest absolute Gasteiger partial charge is 0.493 e. The van der Waals surface area contributed by atoms with Gasteiger partial charge in [0, 0.05) is 5.41 Å². The van der Waals surface area contributed by atoms with Crippen LogP contribution < -0.4 is 10.5 Å². The Hall–Kier alpha value is -1.30. The maximum absolute atomic E-state index is 12.7. The molecule has 2 N–H and O–H groups in total. The average Bonchev–Trinajstić information content (AvgIpc) is 2.27. The molecule has 1 aromatic rings. The molecule has 0 aliphatic carbocycles. The topological polar surface area (TPSA) is 35.2 Å². The van der Waals surface area contributed by atoms with E-state index in [9.17, 15) is 13.2 Å². The highest BCUT2D eigenvalue weighted by molar-refractivity contribution is 7.80. The highest BCUT2D eigenvalue weighted by Gasteiger charge is 2.34. The molecular weight excluding hydrogens is 275 g/mol. The third kappa shape index (κ3) is 4.38. The normalized spacial score (nSPS) is 12.3. The van der Waals surface area contributed by atoms with Crippen LogP contribution in [0.3, 0.4) is 0 Å². The molecule has 0 heterocycles. The second-order valence-corrected chi connectivity index (χ2v) is 5.28. The molecule has 0 fully saturated rings. The highest BCUT2D eigenvalue weighted by Crippen LogP contribution is 2.36. The zero-order valence-corrected chi connectivity index (χ0v) is 11.6. The fraction of sp³-hybridized carbons (Fsp3) is 0.462. The van der Waals surface area contributed by atoms with Crippen molar-refractivity contribution in [2.24, 2.45) is 11.1 Å². The summed E-state index contributed by atoms with van der Waals surface area (Å²) < 4.78 is 43.4. The van der Waals surface area contributed by atoms with Crippen LogP contribution in [0.25, 0.3) is 0 Å². The van der Waals surface area contributed by atoms with Gasteiger partial charge < -0.3 is 10.5 Å². The van der Waals surface area contributed by atoms with Crippen molar-refractivity contribution in [1.82, 2.24) is 0 Å². The van der Waals surface area contributed by atoms with E-state index < -0.39 is 17.2 Å². The summed E-state index contributed by atoms with van der Waals surface area (Å²) in [6.45, 7) is 3.78. The molecule has 0 aromatic heterocycles. The lowest BCUT2D eigenvalue weighted by molar-refractivity contribution is -0.139. The molecule has 0 amide bonds. The van der Waals surface area contributed by atoms with Gasteiger partial charge in [0.15, 0.2) is 0 Å². The Kier molecular flexibility index (Phi) is 4.79. The molecule has 0 bridgehead atoms. The summed E-state index contributed by atoms with van der Waals surface area (Å²) >= 11 is 4.89. The van der Waals surface area contributed by atoms with E-state index >= 15 is 0 Å².